The lowest BCUT2D eigenvalue weighted by atomic mass is 9.92. The van der Waals surface area contributed by atoms with Gasteiger partial charge in [-0.15, -0.1) is 0 Å². The third-order valence-corrected chi connectivity index (χ3v) is 8.02. The molecule has 2 aliphatic heterocycles. The first-order chi connectivity index (χ1) is 20.4. The molecular formula is C29H35F9N4O2. The molecule has 2 atom stereocenters. The van der Waals surface area contributed by atoms with E-state index in [-0.39, 0.29) is 43.1 Å². The average Bonchev–Trinajstić information content (AvgIpc) is 3.34. The van der Waals surface area contributed by atoms with Gasteiger partial charge in [0.15, 0.2) is 11.5 Å². The van der Waals surface area contributed by atoms with Crippen LogP contribution in [-0.2, 0) is 29.9 Å². The van der Waals surface area contributed by atoms with Gasteiger partial charge in [0.05, 0.1) is 17.7 Å². The first-order valence-electron chi connectivity index (χ1n) is 14.5. The Balaban J connectivity index is 1.37. The zero-order chi connectivity index (χ0) is 32.4. The molecule has 2 aliphatic rings. The molecule has 2 fully saturated rings. The van der Waals surface area contributed by atoms with E-state index in [0.29, 0.717) is 31.2 Å². The van der Waals surface area contributed by atoms with Crippen molar-refractivity contribution in [1.82, 2.24) is 20.1 Å². The van der Waals surface area contributed by atoms with Crippen LogP contribution in [0.5, 0.6) is 0 Å². The van der Waals surface area contributed by atoms with E-state index in [1.807, 2.05) is 0 Å². The maximum Gasteiger partial charge on any atom is 0.436 e. The van der Waals surface area contributed by atoms with Crippen LogP contribution in [0.25, 0.3) is 11.5 Å². The van der Waals surface area contributed by atoms with E-state index in [1.165, 1.54) is 6.42 Å². The van der Waals surface area contributed by atoms with Crippen LogP contribution in [0.4, 0.5) is 39.5 Å². The van der Waals surface area contributed by atoms with Crippen molar-refractivity contribution in [2.75, 3.05) is 39.3 Å². The van der Waals surface area contributed by atoms with Crippen molar-refractivity contribution in [3.8, 4) is 11.5 Å². The standard InChI is InChI=1S/C29H35F9N4O2/c1-17-10-18(2)15-42(14-17)7-3-6-39-25(43)19-4-8-41(9-5-19)16-23-24(29(36,37)38)40-26(44-23)20-11-21(27(30,31)32)13-22(12-20)28(33,34)35/h11-13,17-19H,3-10,14-16H2,1-2H3,(H,39,43)/t17-,18+. The molecule has 246 valence electrons. The Kier molecular flexibility index (Phi) is 10.3. The maximum absolute atomic E-state index is 13.8. The molecule has 0 bridgehead atoms. The lowest BCUT2D eigenvalue weighted by Crippen LogP contribution is -2.42. The normalized spacial score (nSPS) is 21.5. The van der Waals surface area contributed by atoms with Crippen molar-refractivity contribution < 1.29 is 48.7 Å². The highest BCUT2D eigenvalue weighted by atomic mass is 19.4. The highest BCUT2D eigenvalue weighted by Crippen LogP contribution is 2.40. The number of alkyl halides is 9. The molecule has 0 saturated carbocycles. The van der Waals surface area contributed by atoms with Crippen molar-refractivity contribution in [2.45, 2.75) is 64.6 Å². The molecule has 3 heterocycles. The number of rotatable bonds is 8. The topological polar surface area (TPSA) is 61.6 Å². The van der Waals surface area contributed by atoms with Gasteiger partial charge in [0, 0.05) is 31.1 Å². The predicted octanol–water partition coefficient (Wildman–Crippen LogP) is 7.09. The molecule has 0 radical (unpaired) electrons. The summed E-state index contributed by atoms with van der Waals surface area (Å²) in [5.74, 6) is -0.934. The van der Waals surface area contributed by atoms with Gasteiger partial charge in [0.2, 0.25) is 11.8 Å². The molecule has 44 heavy (non-hydrogen) atoms. The second-order valence-corrected chi connectivity index (χ2v) is 12.0. The first kappa shape index (κ1) is 34.1. The van der Waals surface area contributed by atoms with Crippen LogP contribution in [0.15, 0.2) is 22.6 Å². The minimum absolute atomic E-state index is 0.131. The molecule has 1 amide bonds. The van der Waals surface area contributed by atoms with E-state index in [2.05, 4.69) is 29.0 Å². The van der Waals surface area contributed by atoms with Gasteiger partial charge in [-0.05, 0) is 75.4 Å². The molecule has 0 aliphatic carbocycles. The van der Waals surface area contributed by atoms with Crippen molar-refractivity contribution in [2.24, 2.45) is 17.8 Å². The monoisotopic (exact) mass is 642 g/mol. The molecule has 4 rings (SSSR count). The number of carbonyl (C=O) groups excluding carboxylic acids is 1. The molecule has 0 spiro atoms. The summed E-state index contributed by atoms with van der Waals surface area (Å²) in [4.78, 5) is 19.9. The quantitative estimate of drug-likeness (QED) is 0.246. The highest BCUT2D eigenvalue weighted by Gasteiger charge is 2.41. The molecule has 1 aromatic carbocycles. The Hall–Kier alpha value is -2.81. The third kappa shape index (κ3) is 8.89. The number of likely N-dealkylation sites (tertiary alicyclic amines) is 2. The molecular weight excluding hydrogens is 607 g/mol. The second kappa shape index (κ2) is 13.3. The molecule has 15 heteroatoms. The third-order valence-electron chi connectivity index (χ3n) is 8.02. The number of piperidine rings is 2. The van der Waals surface area contributed by atoms with Crippen LogP contribution in [-0.4, -0.2) is 60.0 Å². The van der Waals surface area contributed by atoms with Gasteiger partial charge in [-0.3, -0.25) is 9.69 Å². The highest BCUT2D eigenvalue weighted by molar-refractivity contribution is 5.78. The lowest BCUT2D eigenvalue weighted by molar-refractivity contribution is -0.144. The van der Waals surface area contributed by atoms with Crippen LogP contribution in [0.2, 0.25) is 0 Å². The number of nitrogens with one attached hydrogen (secondary N) is 1. The van der Waals surface area contributed by atoms with Gasteiger partial charge in [-0.2, -0.15) is 39.5 Å². The van der Waals surface area contributed by atoms with Crippen molar-refractivity contribution in [3.63, 3.8) is 0 Å². The number of oxazole rings is 1. The fourth-order valence-corrected chi connectivity index (χ4v) is 6.07. The lowest BCUT2D eigenvalue weighted by Gasteiger charge is -2.35. The van der Waals surface area contributed by atoms with Gasteiger partial charge in [-0.25, -0.2) is 4.98 Å². The second-order valence-electron chi connectivity index (χ2n) is 12.0. The molecule has 6 nitrogen and oxygen atoms in total. The first-order valence-corrected chi connectivity index (χ1v) is 14.5. The van der Waals surface area contributed by atoms with Gasteiger partial charge in [0.25, 0.3) is 0 Å². The van der Waals surface area contributed by atoms with Crippen LogP contribution in [0.1, 0.15) is 62.1 Å². The zero-order valence-corrected chi connectivity index (χ0v) is 24.3. The van der Waals surface area contributed by atoms with E-state index >= 15 is 0 Å². The predicted molar refractivity (Wildman–Crippen MR) is 142 cm³/mol. The van der Waals surface area contributed by atoms with Gasteiger partial charge >= 0.3 is 18.5 Å². The van der Waals surface area contributed by atoms with Crippen LogP contribution in [0.3, 0.4) is 0 Å². The van der Waals surface area contributed by atoms with Gasteiger partial charge in [-0.1, -0.05) is 13.8 Å². The smallest absolute Gasteiger partial charge is 0.436 e. The molecule has 1 N–H and O–H groups in total. The van der Waals surface area contributed by atoms with E-state index in [0.717, 1.165) is 26.1 Å². The number of carbonyl (C=O) groups is 1. The van der Waals surface area contributed by atoms with Crippen LogP contribution in [0, 0.1) is 17.8 Å². The van der Waals surface area contributed by atoms with Crippen molar-refractivity contribution in [1.29, 1.82) is 0 Å². The minimum Gasteiger partial charge on any atom is -0.439 e. The van der Waals surface area contributed by atoms with Gasteiger partial charge < -0.3 is 14.6 Å². The van der Waals surface area contributed by atoms with E-state index < -0.39 is 59.1 Å². The Morgan fingerprint density at radius 2 is 1.45 bits per heavy atom. The molecule has 0 unspecified atom stereocenters. The SMILES string of the molecule is C[C@@H]1C[C@H](C)CN(CCCNC(=O)C2CCN(Cc3oc(-c4cc(C(F)(F)F)cc(C(F)(F)F)c4)nc3C(F)(F)F)CC2)C1. The van der Waals surface area contributed by atoms with Crippen LogP contribution < -0.4 is 5.32 Å². The number of benzene rings is 1. The summed E-state index contributed by atoms with van der Waals surface area (Å²) >= 11 is 0. The summed E-state index contributed by atoms with van der Waals surface area (Å²) < 4.78 is 126. The number of amides is 1. The Morgan fingerprint density at radius 1 is 0.886 bits per heavy atom. The maximum atomic E-state index is 13.8. The summed E-state index contributed by atoms with van der Waals surface area (Å²) in [5, 5.41) is 2.94. The zero-order valence-electron chi connectivity index (χ0n) is 24.3. The van der Waals surface area contributed by atoms with E-state index in [9.17, 15) is 44.3 Å². The average molecular weight is 643 g/mol. The largest absolute Gasteiger partial charge is 0.439 e. The van der Waals surface area contributed by atoms with Crippen molar-refractivity contribution >= 4 is 5.91 Å². The van der Waals surface area contributed by atoms with Crippen molar-refractivity contribution in [3.05, 3.63) is 40.8 Å². The number of hydrogen-bond acceptors (Lipinski definition) is 5. The summed E-state index contributed by atoms with van der Waals surface area (Å²) in [7, 11) is 0. The fraction of sp³-hybridized carbons (Fsp3) is 0.655. The van der Waals surface area contributed by atoms with Gasteiger partial charge in [0.1, 0.15) is 0 Å². The summed E-state index contributed by atoms with van der Waals surface area (Å²) in [5.41, 5.74) is -5.82. The molecule has 1 aromatic heterocycles. The number of halogens is 9. The minimum atomic E-state index is -5.19. The Bertz CT molecular complexity index is 1240. The molecule has 2 aromatic rings. The number of nitrogens with zero attached hydrogens (tertiary/aromatic N) is 3. The number of hydrogen-bond donors (Lipinski definition) is 1. The van der Waals surface area contributed by atoms with Crippen LogP contribution >= 0.6 is 0 Å². The summed E-state index contributed by atoms with van der Waals surface area (Å²) in [6.45, 7) is 7.95. The fourth-order valence-electron chi connectivity index (χ4n) is 6.07. The Morgan fingerprint density at radius 3 is 1.98 bits per heavy atom. The van der Waals surface area contributed by atoms with E-state index in [1.54, 1.807) is 4.90 Å². The van der Waals surface area contributed by atoms with E-state index in [4.69, 9.17) is 4.42 Å². The summed E-state index contributed by atoms with van der Waals surface area (Å²) in [6.07, 6.45) is -12.7. The summed E-state index contributed by atoms with van der Waals surface area (Å²) in [6, 6.07) is 0.402. The molecule has 2 saturated heterocycles. The Labute approximate surface area is 249 Å². The number of aromatic nitrogens is 1.